The maximum absolute atomic E-state index is 4.53. The number of aromatic nitrogens is 2. The number of hydrogen-bond acceptors (Lipinski definition) is 1. The van der Waals surface area contributed by atoms with Gasteiger partial charge in [-0.2, -0.15) is 0 Å². The molecule has 4 aromatic carbocycles. The maximum Gasteiger partial charge on any atom is 0.0645 e. The SMILES string of the molecule is CC1(C)c2ccccc2-c2c1c1c(c3c4ccccc4n(-c4cccnc4)c23)C(C)(C)c2ccccc2-1. The van der Waals surface area contributed by atoms with E-state index in [0.29, 0.717) is 0 Å². The number of pyridine rings is 1. The van der Waals surface area contributed by atoms with Gasteiger partial charge in [-0.1, -0.05) is 94.4 Å². The van der Waals surface area contributed by atoms with Crippen molar-refractivity contribution in [3.8, 4) is 27.9 Å². The third-order valence-corrected chi connectivity index (χ3v) is 9.01. The van der Waals surface area contributed by atoms with E-state index >= 15 is 0 Å². The molecule has 37 heavy (non-hydrogen) atoms. The van der Waals surface area contributed by atoms with E-state index in [1.807, 2.05) is 18.5 Å². The molecule has 8 rings (SSSR count). The van der Waals surface area contributed by atoms with Crippen LogP contribution in [0.25, 0.3) is 49.7 Å². The molecule has 0 fully saturated rings. The van der Waals surface area contributed by atoms with Gasteiger partial charge in [0.05, 0.1) is 22.9 Å². The van der Waals surface area contributed by atoms with E-state index in [2.05, 4.69) is 116 Å². The van der Waals surface area contributed by atoms with Crippen LogP contribution >= 0.6 is 0 Å². The Morgan fingerprint density at radius 3 is 1.95 bits per heavy atom. The lowest BCUT2D eigenvalue weighted by Gasteiger charge is -2.27. The molecule has 0 bridgehead atoms. The summed E-state index contributed by atoms with van der Waals surface area (Å²) in [7, 11) is 0. The first-order chi connectivity index (χ1) is 17.9. The number of hydrogen-bond donors (Lipinski definition) is 0. The van der Waals surface area contributed by atoms with Crippen LogP contribution in [0.2, 0.25) is 0 Å². The molecule has 0 unspecified atom stereocenters. The van der Waals surface area contributed by atoms with Gasteiger partial charge in [0.2, 0.25) is 0 Å². The Kier molecular flexibility index (Phi) is 3.84. The standard InChI is InChI=1S/C35H28N2/c1-34(2)25-16-8-5-13-22(25)28-31-29(23-14-6-9-17-26(23)35(31,3)4)33-30(32(28)34)24-15-7-10-18-27(24)37(33)21-12-11-19-36-20-21/h5-20H,1-4H3. The molecule has 0 spiro atoms. The van der Waals surface area contributed by atoms with Gasteiger partial charge in [-0.15, -0.1) is 0 Å². The van der Waals surface area contributed by atoms with Crippen LogP contribution in [-0.4, -0.2) is 9.55 Å². The summed E-state index contributed by atoms with van der Waals surface area (Å²) < 4.78 is 2.47. The summed E-state index contributed by atoms with van der Waals surface area (Å²) in [6.45, 7) is 9.65. The number of para-hydroxylation sites is 1. The molecule has 0 N–H and O–H groups in total. The smallest absolute Gasteiger partial charge is 0.0645 e. The normalized spacial score (nSPS) is 16.0. The molecule has 6 aromatic rings. The molecule has 0 saturated heterocycles. The second-order valence-electron chi connectivity index (χ2n) is 11.6. The maximum atomic E-state index is 4.53. The average Bonchev–Trinajstić information content (AvgIpc) is 3.47. The van der Waals surface area contributed by atoms with Gasteiger partial charge in [0, 0.05) is 33.4 Å². The first kappa shape index (κ1) is 21.0. The van der Waals surface area contributed by atoms with Gasteiger partial charge in [0.25, 0.3) is 0 Å². The van der Waals surface area contributed by atoms with Crippen molar-refractivity contribution in [2.24, 2.45) is 0 Å². The molecule has 2 heterocycles. The molecular weight excluding hydrogens is 448 g/mol. The van der Waals surface area contributed by atoms with Gasteiger partial charge in [-0.25, -0.2) is 0 Å². The Morgan fingerprint density at radius 1 is 0.622 bits per heavy atom. The number of benzene rings is 4. The van der Waals surface area contributed by atoms with E-state index in [1.165, 1.54) is 66.3 Å². The first-order valence-corrected chi connectivity index (χ1v) is 13.2. The molecule has 0 aliphatic heterocycles. The highest BCUT2D eigenvalue weighted by Gasteiger charge is 2.47. The molecule has 2 aliphatic carbocycles. The van der Waals surface area contributed by atoms with Crippen LogP contribution in [0.5, 0.6) is 0 Å². The first-order valence-electron chi connectivity index (χ1n) is 13.2. The van der Waals surface area contributed by atoms with Crippen LogP contribution in [0.4, 0.5) is 0 Å². The van der Waals surface area contributed by atoms with Crippen LogP contribution in [0, 0.1) is 0 Å². The van der Waals surface area contributed by atoms with Crippen LogP contribution in [-0.2, 0) is 10.8 Å². The van der Waals surface area contributed by atoms with Crippen LogP contribution in [0.15, 0.2) is 97.3 Å². The lowest BCUT2D eigenvalue weighted by atomic mass is 9.75. The zero-order chi connectivity index (χ0) is 25.1. The zero-order valence-corrected chi connectivity index (χ0v) is 21.6. The topological polar surface area (TPSA) is 17.8 Å². The van der Waals surface area contributed by atoms with E-state index in [-0.39, 0.29) is 10.8 Å². The minimum Gasteiger partial charge on any atom is -0.307 e. The molecule has 0 atom stereocenters. The van der Waals surface area contributed by atoms with Gasteiger partial charge in [0.15, 0.2) is 0 Å². The summed E-state index contributed by atoms with van der Waals surface area (Å²) in [5.74, 6) is 0. The predicted molar refractivity (Wildman–Crippen MR) is 154 cm³/mol. The summed E-state index contributed by atoms with van der Waals surface area (Å²) >= 11 is 0. The predicted octanol–water partition coefficient (Wildman–Crippen LogP) is 8.79. The van der Waals surface area contributed by atoms with E-state index in [4.69, 9.17) is 0 Å². The third-order valence-electron chi connectivity index (χ3n) is 9.01. The highest BCUT2D eigenvalue weighted by Crippen LogP contribution is 2.63. The summed E-state index contributed by atoms with van der Waals surface area (Å²) in [6.07, 6.45) is 3.86. The largest absolute Gasteiger partial charge is 0.307 e. The molecule has 0 saturated carbocycles. The Hall–Kier alpha value is -4.17. The molecule has 0 amide bonds. The van der Waals surface area contributed by atoms with E-state index in [0.717, 1.165) is 5.69 Å². The Labute approximate surface area is 217 Å². The summed E-state index contributed by atoms with van der Waals surface area (Å²) in [5.41, 5.74) is 14.7. The van der Waals surface area contributed by atoms with Gasteiger partial charge < -0.3 is 4.57 Å². The highest BCUT2D eigenvalue weighted by atomic mass is 15.0. The van der Waals surface area contributed by atoms with E-state index < -0.39 is 0 Å². The van der Waals surface area contributed by atoms with Crippen molar-refractivity contribution in [1.82, 2.24) is 9.55 Å². The Bertz CT molecular complexity index is 1920. The molecule has 2 aliphatic rings. The second kappa shape index (κ2) is 6.77. The summed E-state index contributed by atoms with van der Waals surface area (Å²) in [4.78, 5) is 4.53. The highest BCUT2D eigenvalue weighted by molar-refractivity contribution is 6.21. The van der Waals surface area contributed by atoms with E-state index in [1.54, 1.807) is 0 Å². The van der Waals surface area contributed by atoms with E-state index in [9.17, 15) is 0 Å². The molecular formula is C35H28N2. The fourth-order valence-electron chi connectivity index (χ4n) is 7.52. The minimum atomic E-state index is -0.117. The fourth-order valence-corrected chi connectivity index (χ4v) is 7.52. The molecule has 178 valence electrons. The summed E-state index contributed by atoms with van der Waals surface area (Å²) in [5, 5.41) is 2.69. The van der Waals surface area contributed by atoms with Gasteiger partial charge in [-0.05, 0) is 57.1 Å². The van der Waals surface area contributed by atoms with Crippen molar-refractivity contribution in [1.29, 1.82) is 0 Å². The fraction of sp³-hybridized carbons (Fsp3) is 0.171. The average molecular weight is 477 g/mol. The number of nitrogens with zero attached hydrogens (tertiary/aromatic N) is 2. The van der Waals surface area contributed by atoms with Crippen LogP contribution in [0.3, 0.4) is 0 Å². The monoisotopic (exact) mass is 476 g/mol. The van der Waals surface area contributed by atoms with Crippen molar-refractivity contribution < 1.29 is 0 Å². The van der Waals surface area contributed by atoms with Crippen molar-refractivity contribution in [3.05, 3.63) is 120 Å². The second-order valence-corrected chi connectivity index (χ2v) is 11.6. The van der Waals surface area contributed by atoms with Crippen molar-refractivity contribution in [2.45, 2.75) is 38.5 Å². The molecule has 0 radical (unpaired) electrons. The van der Waals surface area contributed by atoms with Crippen molar-refractivity contribution in [2.75, 3.05) is 0 Å². The molecule has 2 nitrogen and oxygen atoms in total. The number of fused-ring (bicyclic) bond motifs is 12. The summed E-state index contributed by atoms with van der Waals surface area (Å²) in [6, 6.07) is 31.3. The Balaban J connectivity index is 1.73. The van der Waals surface area contributed by atoms with Crippen LogP contribution in [0.1, 0.15) is 49.9 Å². The molecule has 2 heteroatoms. The minimum absolute atomic E-state index is 0.117. The third kappa shape index (κ3) is 2.39. The van der Waals surface area contributed by atoms with Crippen LogP contribution < -0.4 is 0 Å². The quantitative estimate of drug-likeness (QED) is 0.232. The molecule has 2 aromatic heterocycles. The lowest BCUT2D eigenvalue weighted by molar-refractivity contribution is 0.651. The Morgan fingerprint density at radius 2 is 1.24 bits per heavy atom. The van der Waals surface area contributed by atoms with Gasteiger partial charge >= 0.3 is 0 Å². The zero-order valence-electron chi connectivity index (χ0n) is 21.6. The lowest BCUT2D eigenvalue weighted by Crippen LogP contribution is -2.19. The number of rotatable bonds is 1. The van der Waals surface area contributed by atoms with Crippen molar-refractivity contribution in [3.63, 3.8) is 0 Å². The van der Waals surface area contributed by atoms with Gasteiger partial charge in [-0.3, -0.25) is 4.98 Å². The van der Waals surface area contributed by atoms with Crippen molar-refractivity contribution >= 4 is 21.8 Å². The van der Waals surface area contributed by atoms with Gasteiger partial charge in [0.1, 0.15) is 0 Å².